The molecule has 0 aliphatic carbocycles. The van der Waals surface area contributed by atoms with Crippen molar-refractivity contribution in [1.29, 1.82) is 0 Å². The lowest BCUT2D eigenvalue weighted by atomic mass is 10.1. The molecule has 0 spiro atoms. The zero-order chi connectivity index (χ0) is 12.0. The van der Waals surface area contributed by atoms with E-state index >= 15 is 0 Å². The Kier molecular flexibility index (Phi) is 5.22. The summed E-state index contributed by atoms with van der Waals surface area (Å²) in [6.07, 6.45) is 1.01. The molecule has 1 aromatic carbocycles. The Morgan fingerprint density at radius 3 is 2.69 bits per heavy atom. The third kappa shape index (κ3) is 3.79. The SMILES string of the molecule is CCCN(CCO)Cc1ccc(F)cc1N. The van der Waals surface area contributed by atoms with Gasteiger partial charge in [0.1, 0.15) is 5.82 Å². The number of hydrogen-bond acceptors (Lipinski definition) is 3. The third-order valence-electron chi connectivity index (χ3n) is 2.46. The highest BCUT2D eigenvalue weighted by atomic mass is 19.1. The van der Waals surface area contributed by atoms with Gasteiger partial charge in [0.15, 0.2) is 0 Å². The summed E-state index contributed by atoms with van der Waals surface area (Å²) in [5, 5.41) is 8.92. The first-order valence-corrected chi connectivity index (χ1v) is 5.54. The number of anilines is 1. The summed E-state index contributed by atoms with van der Waals surface area (Å²) >= 11 is 0. The van der Waals surface area contributed by atoms with Crippen LogP contribution in [-0.4, -0.2) is 29.7 Å². The zero-order valence-corrected chi connectivity index (χ0v) is 9.62. The zero-order valence-electron chi connectivity index (χ0n) is 9.62. The molecular formula is C12H19FN2O. The van der Waals surface area contributed by atoms with Crippen LogP contribution >= 0.6 is 0 Å². The Labute approximate surface area is 95.7 Å². The predicted molar refractivity (Wildman–Crippen MR) is 63.5 cm³/mol. The van der Waals surface area contributed by atoms with Crippen LogP contribution in [0, 0.1) is 5.82 Å². The van der Waals surface area contributed by atoms with E-state index < -0.39 is 0 Å². The van der Waals surface area contributed by atoms with Crippen LogP contribution in [0.5, 0.6) is 0 Å². The van der Waals surface area contributed by atoms with E-state index in [-0.39, 0.29) is 12.4 Å². The number of halogens is 1. The maximum atomic E-state index is 12.8. The van der Waals surface area contributed by atoms with Gasteiger partial charge in [-0.2, -0.15) is 0 Å². The molecule has 0 bridgehead atoms. The second-order valence-electron chi connectivity index (χ2n) is 3.84. The van der Waals surface area contributed by atoms with Gasteiger partial charge in [-0.05, 0) is 30.7 Å². The predicted octanol–water partition coefficient (Wildman–Crippen LogP) is 1.61. The van der Waals surface area contributed by atoms with Crippen LogP contribution in [0.2, 0.25) is 0 Å². The van der Waals surface area contributed by atoms with Gasteiger partial charge in [-0.1, -0.05) is 13.0 Å². The van der Waals surface area contributed by atoms with Crippen LogP contribution < -0.4 is 5.73 Å². The Balaban J connectivity index is 2.68. The van der Waals surface area contributed by atoms with E-state index in [0.29, 0.717) is 18.8 Å². The van der Waals surface area contributed by atoms with E-state index in [0.717, 1.165) is 18.5 Å². The molecule has 0 aromatic heterocycles. The number of hydrogen-bond donors (Lipinski definition) is 2. The smallest absolute Gasteiger partial charge is 0.125 e. The third-order valence-corrected chi connectivity index (χ3v) is 2.46. The number of nitrogen functional groups attached to an aromatic ring is 1. The number of nitrogens with two attached hydrogens (primary N) is 1. The molecule has 90 valence electrons. The average molecular weight is 226 g/mol. The molecule has 0 saturated carbocycles. The summed E-state index contributed by atoms with van der Waals surface area (Å²) in [5.74, 6) is -0.314. The van der Waals surface area contributed by atoms with Crippen molar-refractivity contribution in [3.63, 3.8) is 0 Å². The maximum absolute atomic E-state index is 12.8. The van der Waals surface area contributed by atoms with Crippen LogP contribution in [0.1, 0.15) is 18.9 Å². The average Bonchev–Trinajstić information content (AvgIpc) is 2.23. The summed E-state index contributed by atoms with van der Waals surface area (Å²) < 4.78 is 12.8. The lowest BCUT2D eigenvalue weighted by molar-refractivity contribution is 0.190. The Hall–Kier alpha value is -1.13. The van der Waals surface area contributed by atoms with Crippen molar-refractivity contribution in [1.82, 2.24) is 4.90 Å². The Morgan fingerprint density at radius 1 is 1.38 bits per heavy atom. The fourth-order valence-electron chi connectivity index (χ4n) is 1.68. The highest BCUT2D eigenvalue weighted by Gasteiger charge is 2.07. The summed E-state index contributed by atoms with van der Waals surface area (Å²) in [6.45, 7) is 4.38. The van der Waals surface area contributed by atoms with Crippen molar-refractivity contribution in [3.05, 3.63) is 29.6 Å². The second kappa shape index (κ2) is 6.45. The number of nitrogens with zero attached hydrogens (tertiary/aromatic N) is 1. The van der Waals surface area contributed by atoms with Crippen molar-refractivity contribution in [2.45, 2.75) is 19.9 Å². The quantitative estimate of drug-likeness (QED) is 0.725. The van der Waals surface area contributed by atoms with Gasteiger partial charge in [-0.15, -0.1) is 0 Å². The molecule has 0 saturated heterocycles. The van der Waals surface area contributed by atoms with Crippen molar-refractivity contribution >= 4 is 5.69 Å². The summed E-state index contributed by atoms with van der Waals surface area (Å²) in [6, 6.07) is 4.44. The van der Waals surface area contributed by atoms with Gasteiger partial charge in [0.2, 0.25) is 0 Å². The minimum Gasteiger partial charge on any atom is -0.398 e. The highest BCUT2D eigenvalue weighted by Crippen LogP contribution is 2.15. The Bertz CT molecular complexity index is 325. The first kappa shape index (κ1) is 12.9. The normalized spacial score (nSPS) is 11.0. The fourth-order valence-corrected chi connectivity index (χ4v) is 1.68. The van der Waals surface area contributed by atoms with E-state index in [1.165, 1.54) is 12.1 Å². The minimum absolute atomic E-state index is 0.126. The number of aliphatic hydroxyl groups is 1. The monoisotopic (exact) mass is 226 g/mol. The first-order valence-electron chi connectivity index (χ1n) is 5.54. The van der Waals surface area contributed by atoms with E-state index in [9.17, 15) is 4.39 Å². The van der Waals surface area contributed by atoms with Crippen molar-refractivity contribution < 1.29 is 9.50 Å². The van der Waals surface area contributed by atoms with E-state index in [1.54, 1.807) is 6.07 Å². The molecule has 3 N–H and O–H groups in total. The molecule has 4 heteroatoms. The molecular weight excluding hydrogens is 207 g/mol. The van der Waals surface area contributed by atoms with Gasteiger partial charge in [0, 0.05) is 18.8 Å². The molecule has 0 radical (unpaired) electrons. The van der Waals surface area contributed by atoms with Crippen LogP contribution in [0.4, 0.5) is 10.1 Å². The van der Waals surface area contributed by atoms with E-state index in [4.69, 9.17) is 10.8 Å². The second-order valence-corrected chi connectivity index (χ2v) is 3.84. The van der Waals surface area contributed by atoms with Gasteiger partial charge in [-0.3, -0.25) is 4.90 Å². The van der Waals surface area contributed by atoms with Crippen molar-refractivity contribution in [2.75, 3.05) is 25.4 Å². The van der Waals surface area contributed by atoms with Gasteiger partial charge in [-0.25, -0.2) is 4.39 Å². The summed E-state index contributed by atoms with van der Waals surface area (Å²) in [4.78, 5) is 2.10. The maximum Gasteiger partial charge on any atom is 0.125 e. The standard InChI is InChI=1S/C12H19FN2O/c1-2-5-15(6-7-16)9-10-3-4-11(13)8-12(10)14/h3-4,8,16H,2,5-7,9,14H2,1H3. The largest absolute Gasteiger partial charge is 0.398 e. The summed E-state index contributed by atoms with van der Waals surface area (Å²) in [5.41, 5.74) is 7.11. The number of benzene rings is 1. The van der Waals surface area contributed by atoms with Gasteiger partial charge < -0.3 is 10.8 Å². The minimum atomic E-state index is -0.314. The molecule has 0 amide bonds. The number of rotatable bonds is 6. The summed E-state index contributed by atoms with van der Waals surface area (Å²) in [7, 11) is 0. The lowest BCUT2D eigenvalue weighted by Gasteiger charge is -2.21. The molecule has 0 unspecified atom stereocenters. The van der Waals surface area contributed by atoms with E-state index in [2.05, 4.69) is 11.8 Å². The highest BCUT2D eigenvalue weighted by molar-refractivity contribution is 5.46. The van der Waals surface area contributed by atoms with Crippen molar-refractivity contribution in [2.24, 2.45) is 0 Å². The molecule has 0 atom stereocenters. The molecule has 1 aromatic rings. The van der Waals surface area contributed by atoms with Crippen LogP contribution in [0.15, 0.2) is 18.2 Å². The van der Waals surface area contributed by atoms with Crippen molar-refractivity contribution in [3.8, 4) is 0 Å². The molecule has 16 heavy (non-hydrogen) atoms. The lowest BCUT2D eigenvalue weighted by Crippen LogP contribution is -2.27. The molecule has 0 heterocycles. The van der Waals surface area contributed by atoms with Crippen LogP contribution in [0.25, 0.3) is 0 Å². The molecule has 0 aliphatic rings. The molecule has 0 aliphatic heterocycles. The first-order chi connectivity index (χ1) is 7.67. The van der Waals surface area contributed by atoms with Gasteiger partial charge in [0.25, 0.3) is 0 Å². The Morgan fingerprint density at radius 2 is 2.12 bits per heavy atom. The number of aliphatic hydroxyl groups excluding tert-OH is 1. The molecule has 0 fully saturated rings. The van der Waals surface area contributed by atoms with Crippen LogP contribution in [0.3, 0.4) is 0 Å². The van der Waals surface area contributed by atoms with E-state index in [1.807, 2.05) is 0 Å². The van der Waals surface area contributed by atoms with Gasteiger partial charge in [0.05, 0.1) is 6.61 Å². The topological polar surface area (TPSA) is 49.5 Å². The fraction of sp³-hybridized carbons (Fsp3) is 0.500. The van der Waals surface area contributed by atoms with Crippen LogP contribution in [-0.2, 0) is 6.54 Å². The molecule has 1 rings (SSSR count). The molecule has 3 nitrogen and oxygen atoms in total. The van der Waals surface area contributed by atoms with Gasteiger partial charge >= 0.3 is 0 Å².